The molecule has 0 aliphatic heterocycles. The van der Waals surface area contributed by atoms with Crippen LogP contribution in [0, 0.1) is 11.3 Å². The topological polar surface area (TPSA) is 166 Å². The van der Waals surface area contributed by atoms with E-state index in [1.165, 1.54) is 6.92 Å². The molecular formula is C27H51N5O6. The van der Waals surface area contributed by atoms with E-state index in [1.807, 2.05) is 41.5 Å². The maximum atomic E-state index is 12.8. The molecule has 11 heteroatoms. The molecule has 0 saturated carbocycles. The minimum Gasteiger partial charge on any atom is -0.480 e. The van der Waals surface area contributed by atoms with Crippen molar-refractivity contribution in [2.45, 2.75) is 118 Å². The van der Waals surface area contributed by atoms with E-state index in [0.717, 1.165) is 0 Å². The van der Waals surface area contributed by atoms with Crippen LogP contribution in [0.2, 0.25) is 0 Å². The van der Waals surface area contributed by atoms with Gasteiger partial charge < -0.3 is 31.7 Å². The third-order valence-corrected chi connectivity index (χ3v) is 5.57. The zero-order chi connectivity index (χ0) is 29.7. The first-order chi connectivity index (χ1) is 17.3. The Morgan fingerprint density at radius 2 is 1.37 bits per heavy atom. The lowest BCUT2D eigenvalue weighted by molar-refractivity contribution is -0.142. The Bertz CT molecular complexity index is 801. The molecule has 3 atom stereocenters. The van der Waals surface area contributed by atoms with Crippen LogP contribution in [-0.4, -0.2) is 71.5 Å². The number of hydrogen-bond acceptors (Lipinski definition) is 6. The van der Waals surface area contributed by atoms with Gasteiger partial charge in [-0.1, -0.05) is 34.6 Å². The largest absolute Gasteiger partial charge is 0.480 e. The fourth-order valence-electron chi connectivity index (χ4n) is 3.50. The van der Waals surface area contributed by atoms with Crippen molar-refractivity contribution >= 4 is 29.6 Å². The molecule has 4 amide bonds. The maximum Gasteiger partial charge on any atom is 0.326 e. The molecule has 220 valence electrons. The summed E-state index contributed by atoms with van der Waals surface area (Å²) in [6.07, 6.45) is 1.83. The predicted octanol–water partition coefficient (Wildman–Crippen LogP) is 1.70. The number of carboxylic acids is 1. The zero-order valence-electron chi connectivity index (χ0n) is 24.7. The molecular weight excluding hydrogens is 490 g/mol. The van der Waals surface area contributed by atoms with Crippen LogP contribution in [0.3, 0.4) is 0 Å². The fourth-order valence-corrected chi connectivity index (χ4v) is 3.50. The summed E-state index contributed by atoms with van der Waals surface area (Å²) in [6, 6.07) is -2.94. The highest BCUT2D eigenvalue weighted by Crippen LogP contribution is 2.18. The fraction of sp³-hybridized carbons (Fsp3) is 0.815. The van der Waals surface area contributed by atoms with Crippen molar-refractivity contribution in [3.8, 4) is 0 Å². The highest BCUT2D eigenvalue weighted by Gasteiger charge is 2.29. The second kappa shape index (κ2) is 16.3. The van der Waals surface area contributed by atoms with Crippen molar-refractivity contribution in [2.24, 2.45) is 11.3 Å². The van der Waals surface area contributed by atoms with Gasteiger partial charge in [0.05, 0.1) is 0 Å². The summed E-state index contributed by atoms with van der Waals surface area (Å²) in [4.78, 5) is 61.3. The van der Waals surface area contributed by atoms with Crippen molar-refractivity contribution in [1.82, 2.24) is 26.6 Å². The second-order valence-corrected chi connectivity index (χ2v) is 12.4. The molecule has 6 N–H and O–H groups in total. The third-order valence-electron chi connectivity index (χ3n) is 5.57. The van der Waals surface area contributed by atoms with Gasteiger partial charge in [-0.25, -0.2) is 4.79 Å². The molecule has 0 fully saturated rings. The molecule has 0 radical (unpaired) electrons. The zero-order valence-corrected chi connectivity index (χ0v) is 24.7. The van der Waals surface area contributed by atoms with Crippen molar-refractivity contribution in [3.05, 3.63) is 0 Å². The quantitative estimate of drug-likeness (QED) is 0.162. The third kappa shape index (κ3) is 16.9. The number of nitrogens with one attached hydrogen (secondary N) is 5. The van der Waals surface area contributed by atoms with Crippen LogP contribution < -0.4 is 26.6 Å². The minimum atomic E-state index is -1.18. The average molecular weight is 542 g/mol. The molecule has 0 aromatic heterocycles. The first kappa shape index (κ1) is 35.3. The van der Waals surface area contributed by atoms with Crippen LogP contribution in [-0.2, 0) is 24.0 Å². The first-order valence-corrected chi connectivity index (χ1v) is 13.5. The van der Waals surface area contributed by atoms with Gasteiger partial charge >= 0.3 is 5.97 Å². The Balaban J connectivity index is 4.64. The molecule has 0 rings (SSSR count). The van der Waals surface area contributed by atoms with Crippen molar-refractivity contribution in [3.63, 3.8) is 0 Å². The number of hydrogen-bond donors (Lipinski definition) is 6. The van der Waals surface area contributed by atoms with Gasteiger partial charge in [0.2, 0.25) is 23.6 Å². The lowest BCUT2D eigenvalue weighted by Gasteiger charge is -2.26. The van der Waals surface area contributed by atoms with Gasteiger partial charge in [0, 0.05) is 31.5 Å². The van der Waals surface area contributed by atoms with E-state index in [4.69, 9.17) is 0 Å². The first-order valence-electron chi connectivity index (χ1n) is 13.5. The molecule has 0 spiro atoms. The van der Waals surface area contributed by atoms with Crippen LogP contribution in [0.4, 0.5) is 0 Å². The van der Waals surface area contributed by atoms with E-state index in [-0.39, 0.29) is 41.5 Å². The van der Waals surface area contributed by atoms with Crippen molar-refractivity contribution in [1.29, 1.82) is 0 Å². The lowest BCUT2D eigenvalue weighted by atomic mass is 9.91. The Kier molecular flexibility index (Phi) is 15.2. The number of amides is 4. The summed E-state index contributed by atoms with van der Waals surface area (Å²) in [6.45, 7) is 17.9. The van der Waals surface area contributed by atoms with Gasteiger partial charge in [0.25, 0.3) is 0 Å². The molecule has 0 aliphatic carbocycles. The number of aliphatic carboxylic acids is 1. The molecule has 11 nitrogen and oxygen atoms in total. The summed E-state index contributed by atoms with van der Waals surface area (Å²) >= 11 is 0. The summed E-state index contributed by atoms with van der Waals surface area (Å²) in [7, 11) is 0. The molecule has 38 heavy (non-hydrogen) atoms. The Morgan fingerprint density at radius 1 is 0.763 bits per heavy atom. The smallest absolute Gasteiger partial charge is 0.326 e. The summed E-state index contributed by atoms with van der Waals surface area (Å²) in [5.41, 5.74) is -0.300. The standard InChI is InChI=1S/C27H51N5O6/c1-17(2)22(32-21(34)16-26(4,5)6)24(36)30-18(3)23(35)31-19(25(37)38)12-10-11-14-28-20(33)13-15-29-27(7,8)9/h17-19,22,29H,10-16H2,1-9H3,(H,28,33)(H,30,36)(H,31,35)(H,32,34)(H,37,38)/t18-,19-,22-/m0/s1. The van der Waals surface area contributed by atoms with E-state index in [9.17, 15) is 29.1 Å². The SMILES string of the molecule is CC(C)[C@H](NC(=O)CC(C)(C)C)C(=O)N[C@@H](C)C(=O)N[C@@H](CCCCNC(=O)CCNC(C)(C)C)C(=O)O. The molecule has 0 saturated heterocycles. The van der Waals surface area contributed by atoms with Gasteiger partial charge in [-0.05, 0) is 58.3 Å². The molecule has 0 heterocycles. The van der Waals surface area contributed by atoms with E-state index in [1.54, 1.807) is 13.8 Å². The van der Waals surface area contributed by atoms with Crippen LogP contribution in [0.1, 0.15) is 94.4 Å². The van der Waals surface area contributed by atoms with Crippen LogP contribution in [0.25, 0.3) is 0 Å². The monoisotopic (exact) mass is 541 g/mol. The number of unbranched alkanes of at least 4 members (excludes halogenated alkanes) is 1. The second-order valence-electron chi connectivity index (χ2n) is 12.4. The van der Waals surface area contributed by atoms with Gasteiger partial charge in [0.15, 0.2) is 0 Å². The minimum absolute atomic E-state index is 0.0605. The normalized spacial score (nSPS) is 14.3. The number of carboxylic acid groups (broad SMARTS) is 1. The number of carbonyl (C=O) groups is 5. The maximum absolute atomic E-state index is 12.8. The van der Waals surface area contributed by atoms with Crippen molar-refractivity contribution in [2.75, 3.05) is 13.1 Å². The summed E-state index contributed by atoms with van der Waals surface area (Å²) < 4.78 is 0. The Morgan fingerprint density at radius 3 is 1.87 bits per heavy atom. The molecule has 0 aromatic rings. The average Bonchev–Trinajstić information content (AvgIpc) is 2.73. The van der Waals surface area contributed by atoms with E-state index in [0.29, 0.717) is 32.4 Å². The lowest BCUT2D eigenvalue weighted by Crippen LogP contribution is -2.56. The van der Waals surface area contributed by atoms with Gasteiger partial charge in [-0.3, -0.25) is 19.2 Å². The predicted molar refractivity (Wildman–Crippen MR) is 147 cm³/mol. The summed E-state index contributed by atoms with van der Waals surface area (Å²) in [5, 5.41) is 23.3. The van der Waals surface area contributed by atoms with E-state index < -0.39 is 35.9 Å². The van der Waals surface area contributed by atoms with E-state index >= 15 is 0 Å². The molecule has 0 aliphatic rings. The Hall–Kier alpha value is -2.69. The molecule has 0 unspecified atom stereocenters. The number of carbonyl (C=O) groups excluding carboxylic acids is 4. The highest BCUT2D eigenvalue weighted by atomic mass is 16.4. The van der Waals surface area contributed by atoms with Crippen LogP contribution in [0.5, 0.6) is 0 Å². The van der Waals surface area contributed by atoms with Crippen LogP contribution >= 0.6 is 0 Å². The van der Waals surface area contributed by atoms with E-state index in [2.05, 4.69) is 26.6 Å². The van der Waals surface area contributed by atoms with Crippen molar-refractivity contribution < 1.29 is 29.1 Å². The summed E-state index contributed by atoms with van der Waals surface area (Å²) in [5.74, 6) is -2.87. The Labute approximate surface area is 228 Å². The number of rotatable bonds is 16. The molecule has 0 bridgehead atoms. The molecule has 0 aromatic carbocycles. The van der Waals surface area contributed by atoms with Crippen LogP contribution in [0.15, 0.2) is 0 Å². The van der Waals surface area contributed by atoms with Gasteiger partial charge in [-0.15, -0.1) is 0 Å². The van der Waals surface area contributed by atoms with Gasteiger partial charge in [-0.2, -0.15) is 0 Å². The highest BCUT2D eigenvalue weighted by molar-refractivity contribution is 5.93. The van der Waals surface area contributed by atoms with Gasteiger partial charge in [0.1, 0.15) is 18.1 Å².